The van der Waals surface area contributed by atoms with Gasteiger partial charge in [-0.2, -0.15) is 0 Å². The van der Waals surface area contributed by atoms with Crippen LogP contribution in [0, 0.1) is 0 Å². The van der Waals surface area contributed by atoms with Crippen LogP contribution in [-0.2, 0) is 6.42 Å². The number of unbranched alkanes of at least 4 members (excludes halogenated alkanes) is 1. The zero-order valence-electron chi connectivity index (χ0n) is 11.7. The summed E-state index contributed by atoms with van der Waals surface area (Å²) in [6.45, 7) is 5.61. The molecule has 0 amide bonds. The van der Waals surface area contributed by atoms with Gasteiger partial charge < -0.3 is 9.80 Å². The summed E-state index contributed by atoms with van der Waals surface area (Å²) in [4.78, 5) is 4.77. The Morgan fingerprint density at radius 3 is 2.37 bits per heavy atom. The lowest BCUT2D eigenvalue weighted by atomic mass is 10.1. The number of nitrogens with zero attached hydrogens (tertiary/aromatic N) is 2. The highest BCUT2D eigenvalue weighted by atomic mass is 35.5. The van der Waals surface area contributed by atoms with Crippen molar-refractivity contribution in [2.24, 2.45) is 0 Å². The van der Waals surface area contributed by atoms with Crippen LogP contribution in [0.4, 0.5) is 0 Å². The lowest BCUT2D eigenvalue weighted by Crippen LogP contribution is -2.26. The van der Waals surface area contributed by atoms with Gasteiger partial charge in [-0.15, -0.1) is 0 Å². The van der Waals surface area contributed by atoms with Gasteiger partial charge in [0, 0.05) is 30.5 Å². The Labute approximate surface area is 121 Å². The number of benzene rings is 1. The first-order valence-electron chi connectivity index (χ1n) is 7.19. The zero-order valence-corrected chi connectivity index (χ0v) is 12.4. The quantitative estimate of drug-likeness (QED) is 0.692. The van der Waals surface area contributed by atoms with E-state index >= 15 is 0 Å². The predicted octanol–water partition coefficient (Wildman–Crippen LogP) is 4.12. The Morgan fingerprint density at radius 1 is 1.00 bits per heavy atom. The molecular weight excluding hydrogens is 256 g/mol. The van der Waals surface area contributed by atoms with Gasteiger partial charge in [0.1, 0.15) is 0 Å². The molecule has 0 saturated heterocycles. The second kappa shape index (κ2) is 7.44. The van der Waals surface area contributed by atoms with Crippen molar-refractivity contribution in [2.45, 2.75) is 32.6 Å². The Hall–Kier alpha value is -1.15. The van der Waals surface area contributed by atoms with Gasteiger partial charge in [-0.05, 0) is 43.4 Å². The summed E-state index contributed by atoms with van der Waals surface area (Å²) >= 11 is 5.88. The van der Waals surface area contributed by atoms with Crippen LogP contribution in [0.15, 0.2) is 36.7 Å². The van der Waals surface area contributed by atoms with Crippen molar-refractivity contribution in [1.82, 2.24) is 9.80 Å². The highest BCUT2D eigenvalue weighted by Crippen LogP contribution is 2.13. The third-order valence-corrected chi connectivity index (χ3v) is 3.69. The summed E-state index contributed by atoms with van der Waals surface area (Å²) in [5.74, 6) is 0. The molecule has 1 aliphatic rings. The van der Waals surface area contributed by atoms with Crippen LogP contribution in [0.3, 0.4) is 0 Å². The van der Waals surface area contributed by atoms with Crippen LogP contribution >= 0.6 is 11.6 Å². The molecule has 0 aromatic heterocycles. The van der Waals surface area contributed by atoms with E-state index in [9.17, 15) is 0 Å². The maximum Gasteiger partial charge on any atom is 0.0893 e. The molecule has 1 aromatic rings. The molecule has 0 N–H and O–H groups in total. The SMILES string of the molecule is CCCN1C=CN(CCCCc2ccc(Cl)cc2)C1. The maximum atomic E-state index is 5.88. The van der Waals surface area contributed by atoms with Gasteiger partial charge >= 0.3 is 0 Å². The summed E-state index contributed by atoms with van der Waals surface area (Å²) in [5.41, 5.74) is 1.38. The molecule has 2 nitrogen and oxygen atoms in total. The van der Waals surface area contributed by atoms with Crippen molar-refractivity contribution < 1.29 is 0 Å². The van der Waals surface area contributed by atoms with E-state index in [1.165, 1.54) is 24.8 Å². The van der Waals surface area contributed by atoms with Gasteiger partial charge in [-0.25, -0.2) is 0 Å². The Balaban J connectivity index is 1.60. The zero-order chi connectivity index (χ0) is 13.5. The topological polar surface area (TPSA) is 6.48 Å². The van der Waals surface area contributed by atoms with Crippen LogP contribution < -0.4 is 0 Å². The molecule has 0 spiro atoms. The van der Waals surface area contributed by atoms with Crippen molar-refractivity contribution in [3.05, 3.63) is 47.3 Å². The second-order valence-corrected chi connectivity index (χ2v) is 5.58. The lowest BCUT2D eigenvalue weighted by molar-refractivity contribution is 0.262. The molecule has 2 rings (SSSR count). The first-order valence-corrected chi connectivity index (χ1v) is 7.56. The van der Waals surface area contributed by atoms with Crippen LogP contribution in [0.5, 0.6) is 0 Å². The molecule has 19 heavy (non-hydrogen) atoms. The van der Waals surface area contributed by atoms with E-state index in [1.54, 1.807) is 0 Å². The molecule has 0 bridgehead atoms. The Morgan fingerprint density at radius 2 is 1.68 bits per heavy atom. The third kappa shape index (κ3) is 4.79. The van der Waals surface area contributed by atoms with Gasteiger partial charge in [0.25, 0.3) is 0 Å². The summed E-state index contributed by atoms with van der Waals surface area (Å²) in [5, 5.41) is 0.821. The summed E-state index contributed by atoms with van der Waals surface area (Å²) in [6.07, 6.45) is 9.27. The van der Waals surface area contributed by atoms with Gasteiger partial charge in [0.15, 0.2) is 0 Å². The first kappa shape index (κ1) is 14.3. The second-order valence-electron chi connectivity index (χ2n) is 5.15. The van der Waals surface area contributed by atoms with Crippen molar-refractivity contribution in [3.8, 4) is 0 Å². The summed E-state index contributed by atoms with van der Waals surface area (Å²) in [7, 11) is 0. The fourth-order valence-corrected chi connectivity index (χ4v) is 2.51. The van der Waals surface area contributed by atoms with Gasteiger partial charge in [-0.3, -0.25) is 0 Å². The van der Waals surface area contributed by atoms with E-state index < -0.39 is 0 Å². The highest BCUT2D eigenvalue weighted by Gasteiger charge is 2.10. The standard InChI is InChI=1S/C16H23ClN2/c1-2-10-18-12-13-19(14-18)11-4-3-5-15-6-8-16(17)9-7-15/h6-9,12-13H,2-5,10-11,14H2,1H3. The normalized spacial score (nSPS) is 14.4. The van der Waals surface area contributed by atoms with E-state index in [0.717, 1.165) is 31.2 Å². The van der Waals surface area contributed by atoms with Gasteiger partial charge in [-0.1, -0.05) is 30.7 Å². The minimum absolute atomic E-state index is 0.821. The molecule has 1 aromatic carbocycles. The smallest absolute Gasteiger partial charge is 0.0893 e. The highest BCUT2D eigenvalue weighted by molar-refractivity contribution is 6.30. The van der Waals surface area contributed by atoms with Crippen molar-refractivity contribution in [2.75, 3.05) is 19.8 Å². The average Bonchev–Trinajstić information content (AvgIpc) is 2.85. The number of rotatable bonds is 7. The average molecular weight is 279 g/mol. The van der Waals surface area contributed by atoms with E-state index in [4.69, 9.17) is 11.6 Å². The number of hydrogen-bond donors (Lipinski definition) is 0. The molecule has 0 saturated carbocycles. The molecule has 3 heteroatoms. The minimum atomic E-state index is 0.821. The summed E-state index contributed by atoms with van der Waals surface area (Å²) < 4.78 is 0. The first-order chi connectivity index (χ1) is 9.28. The molecule has 0 radical (unpaired) electrons. The van der Waals surface area contributed by atoms with E-state index in [-0.39, 0.29) is 0 Å². The largest absolute Gasteiger partial charge is 0.359 e. The molecule has 0 atom stereocenters. The van der Waals surface area contributed by atoms with E-state index in [2.05, 4.69) is 41.3 Å². The van der Waals surface area contributed by atoms with Crippen LogP contribution in [0.25, 0.3) is 0 Å². The monoisotopic (exact) mass is 278 g/mol. The lowest BCUT2D eigenvalue weighted by Gasteiger charge is -2.20. The van der Waals surface area contributed by atoms with Gasteiger partial charge in [0.05, 0.1) is 6.67 Å². The molecule has 0 unspecified atom stereocenters. The molecule has 104 valence electrons. The van der Waals surface area contributed by atoms with Crippen molar-refractivity contribution in [1.29, 1.82) is 0 Å². The minimum Gasteiger partial charge on any atom is -0.359 e. The molecule has 0 fully saturated rings. The third-order valence-electron chi connectivity index (χ3n) is 3.44. The van der Waals surface area contributed by atoms with Crippen LogP contribution in [0.2, 0.25) is 5.02 Å². The predicted molar refractivity (Wildman–Crippen MR) is 82.1 cm³/mol. The van der Waals surface area contributed by atoms with Crippen LogP contribution in [0.1, 0.15) is 31.7 Å². The molecular formula is C16H23ClN2. The number of aryl methyl sites for hydroxylation is 1. The maximum absolute atomic E-state index is 5.88. The Bertz CT molecular complexity index is 400. The van der Waals surface area contributed by atoms with Crippen molar-refractivity contribution >= 4 is 11.6 Å². The summed E-state index contributed by atoms with van der Waals surface area (Å²) in [6, 6.07) is 8.20. The van der Waals surface area contributed by atoms with Gasteiger partial charge in [0.2, 0.25) is 0 Å². The fraction of sp³-hybridized carbons (Fsp3) is 0.500. The fourth-order valence-electron chi connectivity index (χ4n) is 2.39. The molecule has 1 aliphatic heterocycles. The molecule has 1 heterocycles. The van der Waals surface area contributed by atoms with E-state index in [0.29, 0.717) is 0 Å². The van der Waals surface area contributed by atoms with E-state index in [1.807, 2.05) is 12.1 Å². The number of hydrogen-bond acceptors (Lipinski definition) is 2. The molecule has 0 aliphatic carbocycles. The number of halogens is 1. The Kier molecular flexibility index (Phi) is 5.59. The van der Waals surface area contributed by atoms with Crippen molar-refractivity contribution in [3.63, 3.8) is 0 Å². The van der Waals surface area contributed by atoms with Crippen LogP contribution in [-0.4, -0.2) is 29.6 Å².